The smallest absolute Gasteiger partial charge is 0.239 e. The van der Waals surface area contributed by atoms with E-state index in [2.05, 4.69) is 10.3 Å². The molecule has 0 unspecified atom stereocenters. The number of oxazole rings is 1. The fourth-order valence-corrected chi connectivity index (χ4v) is 2.33. The molecule has 1 N–H and O–H groups in total. The number of alkyl halides is 1. The van der Waals surface area contributed by atoms with E-state index in [0.717, 1.165) is 11.1 Å². The number of nitrogens with one attached hydrogen (secondary N) is 1. The monoisotopic (exact) mass is 334 g/mol. The fourth-order valence-electron chi connectivity index (χ4n) is 2.10. The second-order valence-corrected chi connectivity index (χ2v) is 5.55. The Morgan fingerprint density at radius 2 is 2.09 bits per heavy atom. The van der Waals surface area contributed by atoms with Gasteiger partial charge in [0, 0.05) is 16.3 Å². The van der Waals surface area contributed by atoms with Crippen LogP contribution in [0.4, 0.5) is 5.69 Å². The van der Waals surface area contributed by atoms with Gasteiger partial charge in [0.05, 0.1) is 0 Å². The molecule has 1 heterocycles. The van der Waals surface area contributed by atoms with Gasteiger partial charge in [0.15, 0.2) is 5.58 Å². The zero-order chi connectivity index (χ0) is 15.7. The Morgan fingerprint density at radius 3 is 2.86 bits per heavy atom. The molecule has 4 nitrogen and oxygen atoms in total. The van der Waals surface area contributed by atoms with Crippen molar-refractivity contribution in [2.24, 2.45) is 0 Å². The molecule has 2 aromatic carbocycles. The van der Waals surface area contributed by atoms with Crippen molar-refractivity contribution in [3.63, 3.8) is 0 Å². The molecule has 0 spiro atoms. The number of anilines is 1. The molecule has 1 amide bonds. The number of aryl methyl sites for hydroxylation is 1. The Balaban J connectivity index is 2.02. The van der Waals surface area contributed by atoms with E-state index in [-0.39, 0.29) is 11.8 Å². The van der Waals surface area contributed by atoms with E-state index in [0.29, 0.717) is 27.7 Å². The van der Waals surface area contributed by atoms with E-state index < -0.39 is 0 Å². The van der Waals surface area contributed by atoms with Crippen molar-refractivity contribution < 1.29 is 9.21 Å². The number of aromatic nitrogens is 1. The first-order valence-corrected chi connectivity index (χ1v) is 7.51. The standard InChI is InChI=1S/C16H12Cl2N2O2/c1-9-2-3-10(6-12(9)19-15(21)8-17)16-20-13-7-11(18)4-5-14(13)22-16/h2-7H,8H2,1H3,(H,19,21). The van der Waals surface area contributed by atoms with Crippen LogP contribution in [-0.4, -0.2) is 16.8 Å². The molecule has 0 bridgehead atoms. The van der Waals surface area contributed by atoms with Gasteiger partial charge < -0.3 is 9.73 Å². The van der Waals surface area contributed by atoms with Gasteiger partial charge in [0.1, 0.15) is 11.4 Å². The molecule has 0 saturated heterocycles. The number of benzene rings is 2. The second-order valence-electron chi connectivity index (χ2n) is 4.84. The first kappa shape index (κ1) is 14.9. The topological polar surface area (TPSA) is 55.1 Å². The Hall–Kier alpha value is -2.04. The summed E-state index contributed by atoms with van der Waals surface area (Å²) >= 11 is 11.5. The third-order valence-corrected chi connectivity index (χ3v) is 3.71. The zero-order valence-electron chi connectivity index (χ0n) is 11.7. The maximum absolute atomic E-state index is 11.5. The van der Waals surface area contributed by atoms with E-state index in [1.54, 1.807) is 18.2 Å². The first-order valence-electron chi connectivity index (χ1n) is 6.60. The molecule has 0 radical (unpaired) electrons. The SMILES string of the molecule is Cc1ccc(-c2nc3cc(Cl)ccc3o2)cc1NC(=O)CCl. The van der Waals surface area contributed by atoms with Crippen molar-refractivity contribution in [3.8, 4) is 11.5 Å². The predicted molar refractivity (Wildman–Crippen MR) is 88.5 cm³/mol. The number of nitrogens with zero attached hydrogens (tertiary/aromatic N) is 1. The zero-order valence-corrected chi connectivity index (χ0v) is 13.2. The highest BCUT2D eigenvalue weighted by Gasteiger charge is 2.11. The number of hydrogen-bond acceptors (Lipinski definition) is 3. The summed E-state index contributed by atoms with van der Waals surface area (Å²) in [4.78, 5) is 15.9. The van der Waals surface area contributed by atoms with Gasteiger partial charge in [-0.2, -0.15) is 0 Å². The van der Waals surface area contributed by atoms with Crippen LogP contribution in [0.3, 0.4) is 0 Å². The number of halogens is 2. The minimum absolute atomic E-state index is 0.0922. The lowest BCUT2D eigenvalue weighted by atomic mass is 10.1. The normalized spacial score (nSPS) is 10.9. The maximum Gasteiger partial charge on any atom is 0.239 e. The quantitative estimate of drug-likeness (QED) is 0.710. The van der Waals surface area contributed by atoms with Gasteiger partial charge in [0.25, 0.3) is 0 Å². The molecular weight excluding hydrogens is 323 g/mol. The minimum atomic E-state index is -0.258. The van der Waals surface area contributed by atoms with E-state index in [4.69, 9.17) is 27.6 Å². The summed E-state index contributed by atoms with van der Waals surface area (Å²) in [5.74, 6) is 0.121. The molecule has 0 aliphatic heterocycles. The summed E-state index contributed by atoms with van der Waals surface area (Å²) in [6.07, 6.45) is 0. The molecule has 112 valence electrons. The Kier molecular flexibility index (Phi) is 4.05. The van der Waals surface area contributed by atoms with Crippen LogP contribution in [0, 0.1) is 6.92 Å². The first-order chi connectivity index (χ1) is 10.6. The van der Waals surface area contributed by atoms with Crippen LogP contribution in [0.15, 0.2) is 40.8 Å². The van der Waals surface area contributed by atoms with E-state index >= 15 is 0 Å². The van der Waals surface area contributed by atoms with Crippen LogP contribution in [0.25, 0.3) is 22.6 Å². The molecule has 3 aromatic rings. The maximum atomic E-state index is 11.5. The third kappa shape index (κ3) is 2.93. The molecule has 6 heteroatoms. The van der Waals surface area contributed by atoms with Crippen molar-refractivity contribution in [2.75, 3.05) is 11.2 Å². The van der Waals surface area contributed by atoms with Crippen molar-refractivity contribution in [1.29, 1.82) is 0 Å². The number of rotatable bonds is 3. The molecule has 1 aromatic heterocycles. The lowest BCUT2D eigenvalue weighted by Gasteiger charge is -2.08. The molecule has 0 fully saturated rings. The summed E-state index contributed by atoms with van der Waals surface area (Å²) in [6.45, 7) is 1.90. The molecule has 0 saturated carbocycles. The van der Waals surface area contributed by atoms with Gasteiger partial charge in [-0.25, -0.2) is 4.98 Å². The second kappa shape index (κ2) is 5.99. The van der Waals surface area contributed by atoms with E-state index in [9.17, 15) is 4.79 Å². The van der Waals surface area contributed by atoms with Gasteiger partial charge in [-0.15, -0.1) is 11.6 Å². The van der Waals surface area contributed by atoms with Crippen LogP contribution >= 0.6 is 23.2 Å². The molecule has 22 heavy (non-hydrogen) atoms. The largest absolute Gasteiger partial charge is 0.436 e. The highest BCUT2D eigenvalue weighted by atomic mass is 35.5. The highest BCUT2D eigenvalue weighted by molar-refractivity contribution is 6.31. The van der Waals surface area contributed by atoms with E-state index in [1.807, 2.05) is 25.1 Å². The fraction of sp³-hybridized carbons (Fsp3) is 0.125. The number of amides is 1. The number of carbonyl (C=O) groups excluding carboxylic acids is 1. The lowest BCUT2D eigenvalue weighted by molar-refractivity contribution is -0.113. The average molecular weight is 335 g/mol. The van der Waals surface area contributed by atoms with Crippen LogP contribution < -0.4 is 5.32 Å². The summed E-state index contributed by atoms with van der Waals surface area (Å²) in [6, 6.07) is 10.9. The molecule has 0 aliphatic rings. The van der Waals surface area contributed by atoms with Gasteiger partial charge >= 0.3 is 0 Å². The van der Waals surface area contributed by atoms with Crippen molar-refractivity contribution in [1.82, 2.24) is 4.98 Å². The van der Waals surface area contributed by atoms with Crippen LogP contribution in [0.5, 0.6) is 0 Å². The average Bonchev–Trinajstić information content (AvgIpc) is 2.92. The highest BCUT2D eigenvalue weighted by Crippen LogP contribution is 2.29. The molecule has 0 aliphatic carbocycles. The summed E-state index contributed by atoms with van der Waals surface area (Å²) < 4.78 is 5.73. The van der Waals surface area contributed by atoms with Gasteiger partial charge in [-0.05, 0) is 42.8 Å². The number of carbonyl (C=O) groups is 1. The Bertz CT molecular complexity index is 858. The molecule has 3 rings (SSSR count). The Morgan fingerprint density at radius 1 is 1.27 bits per heavy atom. The molecular formula is C16H12Cl2N2O2. The molecule has 0 atom stereocenters. The predicted octanol–water partition coefficient (Wildman–Crippen LogP) is 4.63. The summed E-state index contributed by atoms with van der Waals surface area (Å²) in [5, 5.41) is 3.35. The Labute approximate surface area is 137 Å². The third-order valence-electron chi connectivity index (χ3n) is 3.23. The van der Waals surface area contributed by atoms with Crippen molar-refractivity contribution >= 4 is 45.9 Å². The van der Waals surface area contributed by atoms with Crippen molar-refractivity contribution in [3.05, 3.63) is 47.0 Å². The van der Waals surface area contributed by atoms with Crippen LogP contribution in [0.1, 0.15) is 5.56 Å². The van der Waals surface area contributed by atoms with E-state index in [1.165, 1.54) is 0 Å². The van der Waals surface area contributed by atoms with Crippen LogP contribution in [0.2, 0.25) is 5.02 Å². The van der Waals surface area contributed by atoms with Crippen molar-refractivity contribution in [2.45, 2.75) is 6.92 Å². The van der Waals surface area contributed by atoms with Gasteiger partial charge in [0.2, 0.25) is 11.8 Å². The minimum Gasteiger partial charge on any atom is -0.436 e. The lowest BCUT2D eigenvalue weighted by Crippen LogP contribution is -2.13. The summed E-state index contributed by atoms with van der Waals surface area (Å²) in [7, 11) is 0. The van der Waals surface area contributed by atoms with Gasteiger partial charge in [-0.3, -0.25) is 4.79 Å². The van der Waals surface area contributed by atoms with Crippen LogP contribution in [-0.2, 0) is 4.79 Å². The number of hydrogen-bond donors (Lipinski definition) is 1. The van der Waals surface area contributed by atoms with Gasteiger partial charge in [-0.1, -0.05) is 17.7 Å². The number of fused-ring (bicyclic) bond motifs is 1. The summed E-state index contributed by atoms with van der Waals surface area (Å²) in [5.41, 5.74) is 3.73.